The Morgan fingerprint density at radius 2 is 1.75 bits per heavy atom. The van der Waals surface area contributed by atoms with Crippen LogP contribution in [0.25, 0.3) is 0 Å². The van der Waals surface area contributed by atoms with Crippen molar-refractivity contribution in [2.75, 3.05) is 11.6 Å². The largest absolute Gasteiger partial charge is 0.487 e. The summed E-state index contributed by atoms with van der Waals surface area (Å²) in [5, 5.41) is 1.48. The van der Waals surface area contributed by atoms with Gasteiger partial charge in [-0.1, -0.05) is 35.9 Å². The van der Waals surface area contributed by atoms with Gasteiger partial charge in [0.25, 0.3) is 0 Å². The molecule has 0 heterocycles. The molecule has 4 heteroatoms. The average Bonchev–Trinajstić information content (AvgIpc) is 2.47. The first-order chi connectivity index (χ1) is 9.65. The van der Waals surface area contributed by atoms with Crippen molar-refractivity contribution < 1.29 is 4.74 Å². The first-order valence-corrected chi connectivity index (χ1v) is 6.40. The molecule has 2 aromatic carbocycles. The molecule has 0 unspecified atom stereocenters. The third kappa shape index (κ3) is 4.03. The number of hydrazine groups is 1. The van der Waals surface area contributed by atoms with Gasteiger partial charge in [-0.25, -0.2) is 5.84 Å². The maximum absolute atomic E-state index is 5.91. The number of aryl methyl sites for hydroxylation is 1. The Hall–Kier alpha value is -2.46. The molecule has 0 aliphatic rings. The van der Waals surface area contributed by atoms with E-state index >= 15 is 0 Å². The molecular formula is C16H19N3O. The summed E-state index contributed by atoms with van der Waals surface area (Å²) in [4.78, 5) is 0. The van der Waals surface area contributed by atoms with Crippen LogP contribution in [-0.2, 0) is 0 Å². The maximum atomic E-state index is 5.91. The number of para-hydroxylation sites is 1. The van der Waals surface area contributed by atoms with Gasteiger partial charge in [-0.3, -0.25) is 5.01 Å². The van der Waals surface area contributed by atoms with Crippen LogP contribution in [0, 0.1) is 6.92 Å². The molecule has 20 heavy (non-hydrogen) atoms. The van der Waals surface area contributed by atoms with Gasteiger partial charge in [0.15, 0.2) is 0 Å². The smallest absolute Gasteiger partial charge is 0.129 e. The third-order valence-electron chi connectivity index (χ3n) is 2.79. The lowest BCUT2D eigenvalue weighted by Gasteiger charge is -2.15. The van der Waals surface area contributed by atoms with Gasteiger partial charge in [0.05, 0.1) is 11.4 Å². The molecule has 0 fully saturated rings. The van der Waals surface area contributed by atoms with E-state index < -0.39 is 0 Å². The summed E-state index contributed by atoms with van der Waals surface area (Å²) in [6.45, 7) is 2.33. The highest BCUT2D eigenvalue weighted by molar-refractivity contribution is 5.47. The summed E-state index contributed by atoms with van der Waals surface area (Å²) >= 11 is 0. The van der Waals surface area contributed by atoms with Crippen LogP contribution >= 0.6 is 0 Å². The summed E-state index contributed by atoms with van der Waals surface area (Å²) in [5.41, 5.74) is 8.52. The van der Waals surface area contributed by atoms with Crippen molar-refractivity contribution in [1.29, 1.82) is 0 Å². The van der Waals surface area contributed by atoms with E-state index in [1.165, 1.54) is 10.6 Å². The van der Waals surface area contributed by atoms with E-state index in [1.54, 1.807) is 6.20 Å². The average molecular weight is 269 g/mol. The Morgan fingerprint density at radius 3 is 2.40 bits per heavy atom. The molecule has 4 N–H and O–H groups in total. The minimum Gasteiger partial charge on any atom is -0.487 e. The van der Waals surface area contributed by atoms with Crippen LogP contribution in [0.15, 0.2) is 66.5 Å². The highest BCUT2D eigenvalue weighted by atomic mass is 16.5. The van der Waals surface area contributed by atoms with Crippen molar-refractivity contribution in [3.63, 3.8) is 0 Å². The van der Waals surface area contributed by atoms with Crippen molar-refractivity contribution in [1.82, 2.24) is 0 Å². The van der Waals surface area contributed by atoms with Gasteiger partial charge >= 0.3 is 0 Å². The Morgan fingerprint density at radius 1 is 1.10 bits per heavy atom. The number of ether oxygens (including phenoxy) is 1. The van der Waals surface area contributed by atoms with E-state index in [1.807, 2.05) is 61.5 Å². The molecule has 104 valence electrons. The van der Waals surface area contributed by atoms with Gasteiger partial charge in [0.1, 0.15) is 12.4 Å². The van der Waals surface area contributed by atoms with Gasteiger partial charge in [-0.05, 0) is 31.2 Å². The molecule has 0 bridgehead atoms. The molecule has 0 atom stereocenters. The van der Waals surface area contributed by atoms with E-state index in [9.17, 15) is 0 Å². The fraction of sp³-hybridized carbons (Fsp3) is 0.125. The van der Waals surface area contributed by atoms with Crippen molar-refractivity contribution in [2.24, 2.45) is 11.6 Å². The summed E-state index contributed by atoms with van der Waals surface area (Å²) in [6.07, 6.45) is 1.66. The number of hydrogen-bond acceptors (Lipinski definition) is 4. The Labute approximate surface area is 119 Å². The van der Waals surface area contributed by atoms with Crippen molar-refractivity contribution in [2.45, 2.75) is 6.92 Å². The van der Waals surface area contributed by atoms with Crippen molar-refractivity contribution in [3.8, 4) is 5.75 Å². The Balaban J connectivity index is 1.92. The number of benzene rings is 2. The lowest BCUT2D eigenvalue weighted by Crippen LogP contribution is -2.27. The SMILES string of the molecule is Cc1ccc(OC/C(N)=C/N(N)c2ccccc2)cc1. The topological polar surface area (TPSA) is 64.5 Å². The third-order valence-corrected chi connectivity index (χ3v) is 2.79. The fourth-order valence-electron chi connectivity index (χ4n) is 1.69. The number of nitrogens with zero attached hydrogens (tertiary/aromatic N) is 1. The first-order valence-electron chi connectivity index (χ1n) is 6.40. The highest BCUT2D eigenvalue weighted by Gasteiger charge is 2.00. The summed E-state index contributed by atoms with van der Waals surface area (Å²) < 4.78 is 5.58. The standard InChI is InChI=1S/C16H19N3O/c1-13-7-9-16(10-8-13)20-12-14(17)11-19(18)15-5-3-2-4-6-15/h2-11H,12,17-18H2,1H3/b14-11-. The highest BCUT2D eigenvalue weighted by Crippen LogP contribution is 2.13. The number of rotatable bonds is 5. The minimum atomic E-state index is 0.295. The van der Waals surface area contributed by atoms with Crippen molar-refractivity contribution >= 4 is 5.69 Å². The van der Waals surface area contributed by atoms with Crippen LogP contribution in [0.4, 0.5) is 5.69 Å². The second kappa shape index (κ2) is 6.63. The molecule has 0 spiro atoms. The lowest BCUT2D eigenvalue weighted by atomic mass is 10.2. The fourth-order valence-corrected chi connectivity index (χ4v) is 1.69. The molecule has 0 aliphatic heterocycles. The zero-order valence-electron chi connectivity index (χ0n) is 11.5. The summed E-state index contributed by atoms with van der Waals surface area (Å²) in [7, 11) is 0. The molecule has 4 nitrogen and oxygen atoms in total. The lowest BCUT2D eigenvalue weighted by molar-refractivity contribution is 0.350. The summed E-state index contributed by atoms with van der Waals surface area (Å²) in [6, 6.07) is 17.4. The minimum absolute atomic E-state index is 0.295. The quantitative estimate of drug-likeness (QED) is 0.647. The number of anilines is 1. The maximum Gasteiger partial charge on any atom is 0.129 e. The Bertz CT molecular complexity index is 564. The van der Waals surface area contributed by atoms with E-state index in [-0.39, 0.29) is 0 Å². The predicted molar refractivity (Wildman–Crippen MR) is 82.1 cm³/mol. The second-order valence-electron chi connectivity index (χ2n) is 4.55. The van der Waals surface area contributed by atoms with Crippen LogP contribution in [0.2, 0.25) is 0 Å². The predicted octanol–water partition coefficient (Wildman–Crippen LogP) is 2.55. The zero-order chi connectivity index (χ0) is 14.4. The zero-order valence-corrected chi connectivity index (χ0v) is 11.5. The molecule has 0 aromatic heterocycles. The van der Waals surface area contributed by atoms with Gasteiger partial charge in [-0.2, -0.15) is 0 Å². The normalized spacial score (nSPS) is 11.2. The van der Waals surface area contributed by atoms with Crippen LogP contribution in [0.5, 0.6) is 5.75 Å². The molecule has 0 aliphatic carbocycles. The molecule has 0 saturated carbocycles. The van der Waals surface area contributed by atoms with Crippen LogP contribution in [0.1, 0.15) is 5.56 Å². The van der Waals surface area contributed by atoms with Crippen LogP contribution in [0.3, 0.4) is 0 Å². The molecule has 2 rings (SSSR count). The van der Waals surface area contributed by atoms with E-state index in [4.69, 9.17) is 16.3 Å². The summed E-state index contributed by atoms with van der Waals surface area (Å²) in [5.74, 6) is 6.69. The first kappa shape index (κ1) is 14.0. The number of nitrogens with two attached hydrogens (primary N) is 2. The molecule has 0 saturated heterocycles. The number of hydrogen-bond donors (Lipinski definition) is 2. The second-order valence-corrected chi connectivity index (χ2v) is 4.55. The van der Waals surface area contributed by atoms with E-state index in [0.29, 0.717) is 12.3 Å². The van der Waals surface area contributed by atoms with Gasteiger partial charge in [0.2, 0.25) is 0 Å². The molecule has 2 aromatic rings. The molecule has 0 amide bonds. The monoisotopic (exact) mass is 269 g/mol. The van der Waals surface area contributed by atoms with E-state index in [0.717, 1.165) is 11.4 Å². The van der Waals surface area contributed by atoms with E-state index in [2.05, 4.69) is 0 Å². The van der Waals surface area contributed by atoms with Gasteiger partial charge < -0.3 is 10.5 Å². The molecular weight excluding hydrogens is 250 g/mol. The molecule has 0 radical (unpaired) electrons. The van der Waals surface area contributed by atoms with Gasteiger partial charge in [-0.15, -0.1) is 0 Å². The van der Waals surface area contributed by atoms with Crippen molar-refractivity contribution in [3.05, 3.63) is 72.1 Å². The van der Waals surface area contributed by atoms with Crippen LogP contribution in [-0.4, -0.2) is 6.61 Å². The van der Waals surface area contributed by atoms with Gasteiger partial charge in [0, 0.05) is 6.20 Å². The Kier molecular flexibility index (Phi) is 4.63. The van der Waals surface area contributed by atoms with Crippen LogP contribution < -0.4 is 21.3 Å².